The molecular formula is C25H21ClN2O4. The standard InChI is InChI=1S/C25H21ClN2O4/c1-15-19(26)8-6-9-20(15)28-24(29)22(18-7-4-5-10-21(18)32-3)23(25(28)30)27-16-11-13-17(31-2)14-12-16/h4-14,27H,1-3H3. The molecule has 162 valence electrons. The zero-order valence-electron chi connectivity index (χ0n) is 17.8. The summed E-state index contributed by atoms with van der Waals surface area (Å²) in [5.41, 5.74) is 2.62. The van der Waals surface area contributed by atoms with Crippen LogP contribution in [0.3, 0.4) is 0 Å². The number of anilines is 2. The molecular weight excluding hydrogens is 428 g/mol. The van der Waals surface area contributed by atoms with Gasteiger partial charge in [-0.15, -0.1) is 0 Å². The van der Waals surface area contributed by atoms with Gasteiger partial charge < -0.3 is 14.8 Å². The van der Waals surface area contributed by atoms with E-state index in [0.29, 0.717) is 39.0 Å². The highest BCUT2D eigenvalue weighted by Gasteiger charge is 2.41. The number of imide groups is 1. The molecule has 0 aromatic heterocycles. The first-order chi connectivity index (χ1) is 15.5. The molecule has 3 aromatic rings. The lowest BCUT2D eigenvalue weighted by atomic mass is 10.0. The van der Waals surface area contributed by atoms with E-state index in [0.717, 1.165) is 4.90 Å². The summed E-state index contributed by atoms with van der Waals surface area (Å²) in [4.78, 5) is 28.4. The van der Waals surface area contributed by atoms with Crippen LogP contribution >= 0.6 is 11.6 Å². The molecule has 6 nitrogen and oxygen atoms in total. The smallest absolute Gasteiger partial charge is 0.282 e. The van der Waals surface area contributed by atoms with Gasteiger partial charge in [-0.1, -0.05) is 35.9 Å². The first kappa shape index (κ1) is 21.5. The molecule has 0 unspecified atom stereocenters. The van der Waals surface area contributed by atoms with E-state index in [1.807, 2.05) is 0 Å². The van der Waals surface area contributed by atoms with Crippen molar-refractivity contribution in [3.63, 3.8) is 0 Å². The number of methoxy groups -OCH3 is 2. The molecule has 3 aromatic carbocycles. The van der Waals surface area contributed by atoms with Crippen LogP contribution in [0.1, 0.15) is 11.1 Å². The number of hydrogen-bond donors (Lipinski definition) is 1. The summed E-state index contributed by atoms with van der Waals surface area (Å²) >= 11 is 6.27. The Kier molecular flexibility index (Phi) is 5.88. The number of ether oxygens (including phenoxy) is 2. The Bertz CT molecular complexity index is 1230. The molecule has 0 saturated heterocycles. The third kappa shape index (κ3) is 3.69. The molecule has 0 saturated carbocycles. The van der Waals surface area contributed by atoms with Gasteiger partial charge in [0.1, 0.15) is 17.2 Å². The lowest BCUT2D eigenvalue weighted by Crippen LogP contribution is -2.33. The molecule has 1 aliphatic heterocycles. The Labute approximate surface area is 191 Å². The molecule has 1 aliphatic rings. The summed E-state index contributed by atoms with van der Waals surface area (Å²) in [6.45, 7) is 1.77. The second-order valence-corrected chi connectivity index (χ2v) is 7.54. The summed E-state index contributed by atoms with van der Waals surface area (Å²) in [7, 11) is 3.10. The third-order valence-corrected chi connectivity index (χ3v) is 5.71. The van der Waals surface area contributed by atoms with Gasteiger partial charge in [-0.25, -0.2) is 4.90 Å². The third-order valence-electron chi connectivity index (χ3n) is 5.30. The fourth-order valence-corrected chi connectivity index (χ4v) is 3.79. The van der Waals surface area contributed by atoms with Gasteiger partial charge in [-0.3, -0.25) is 9.59 Å². The second kappa shape index (κ2) is 8.77. The van der Waals surface area contributed by atoms with Crippen molar-refractivity contribution in [1.82, 2.24) is 0 Å². The lowest BCUT2D eigenvalue weighted by molar-refractivity contribution is -0.120. The van der Waals surface area contributed by atoms with Gasteiger partial charge in [0.25, 0.3) is 11.8 Å². The summed E-state index contributed by atoms with van der Waals surface area (Å²) in [6, 6.07) is 19.3. The van der Waals surface area contributed by atoms with E-state index >= 15 is 0 Å². The number of amides is 2. The molecule has 4 rings (SSSR count). The average molecular weight is 449 g/mol. The Balaban J connectivity index is 1.86. The predicted octanol–water partition coefficient (Wildman–Crippen LogP) is 5.06. The van der Waals surface area contributed by atoms with Crippen LogP contribution in [0.5, 0.6) is 11.5 Å². The number of nitrogens with zero attached hydrogens (tertiary/aromatic N) is 1. The summed E-state index contributed by atoms with van der Waals surface area (Å²) < 4.78 is 10.7. The van der Waals surface area contributed by atoms with Crippen LogP contribution in [0.2, 0.25) is 5.02 Å². The van der Waals surface area contributed by atoms with Crippen LogP contribution in [0.15, 0.2) is 72.4 Å². The van der Waals surface area contributed by atoms with E-state index in [-0.39, 0.29) is 11.3 Å². The summed E-state index contributed by atoms with van der Waals surface area (Å²) in [6.07, 6.45) is 0. The number of halogens is 1. The van der Waals surface area contributed by atoms with Crippen LogP contribution in [-0.2, 0) is 9.59 Å². The van der Waals surface area contributed by atoms with Crippen LogP contribution in [0, 0.1) is 6.92 Å². The van der Waals surface area contributed by atoms with Crippen molar-refractivity contribution < 1.29 is 19.1 Å². The van der Waals surface area contributed by atoms with Crippen LogP contribution in [0.4, 0.5) is 11.4 Å². The normalized spacial score (nSPS) is 13.6. The van der Waals surface area contributed by atoms with Gasteiger partial charge in [0, 0.05) is 16.3 Å². The van der Waals surface area contributed by atoms with Gasteiger partial charge in [0.15, 0.2) is 0 Å². The van der Waals surface area contributed by atoms with E-state index in [1.165, 1.54) is 7.11 Å². The maximum absolute atomic E-state index is 13.6. The highest BCUT2D eigenvalue weighted by molar-refractivity contribution is 6.47. The number of para-hydroxylation sites is 1. The Morgan fingerprint density at radius 2 is 1.56 bits per heavy atom. The number of hydrogen-bond acceptors (Lipinski definition) is 5. The molecule has 7 heteroatoms. The second-order valence-electron chi connectivity index (χ2n) is 7.13. The number of carbonyl (C=O) groups is 2. The molecule has 2 amide bonds. The van der Waals surface area contributed by atoms with Crippen LogP contribution in [-0.4, -0.2) is 26.0 Å². The summed E-state index contributed by atoms with van der Waals surface area (Å²) in [5, 5.41) is 3.60. The van der Waals surface area contributed by atoms with Gasteiger partial charge in [0.2, 0.25) is 0 Å². The molecule has 1 heterocycles. The highest BCUT2D eigenvalue weighted by Crippen LogP contribution is 2.39. The minimum atomic E-state index is -0.475. The Hall–Kier alpha value is -3.77. The number of rotatable bonds is 6. The van der Waals surface area contributed by atoms with Crippen molar-refractivity contribution in [2.24, 2.45) is 0 Å². The minimum absolute atomic E-state index is 0.157. The molecule has 0 fully saturated rings. The molecule has 0 atom stereocenters. The van der Waals surface area contributed by atoms with Crippen molar-refractivity contribution >= 4 is 40.4 Å². The van der Waals surface area contributed by atoms with E-state index in [1.54, 1.807) is 80.8 Å². The van der Waals surface area contributed by atoms with Gasteiger partial charge in [0.05, 0.1) is 25.5 Å². The highest BCUT2D eigenvalue weighted by atomic mass is 35.5. The zero-order valence-corrected chi connectivity index (χ0v) is 18.6. The predicted molar refractivity (Wildman–Crippen MR) is 125 cm³/mol. The van der Waals surface area contributed by atoms with Crippen molar-refractivity contribution in [1.29, 1.82) is 0 Å². The quantitative estimate of drug-likeness (QED) is 0.534. The number of nitrogens with one attached hydrogen (secondary N) is 1. The lowest BCUT2D eigenvalue weighted by Gasteiger charge is -2.18. The SMILES string of the molecule is COc1ccc(NC2=C(c3ccccc3OC)C(=O)N(c3cccc(Cl)c3C)C2=O)cc1. The molecule has 0 aliphatic carbocycles. The van der Waals surface area contributed by atoms with Crippen molar-refractivity contribution in [2.45, 2.75) is 6.92 Å². The topological polar surface area (TPSA) is 67.9 Å². The van der Waals surface area contributed by atoms with E-state index in [9.17, 15) is 9.59 Å². The Morgan fingerprint density at radius 1 is 0.844 bits per heavy atom. The first-order valence-corrected chi connectivity index (χ1v) is 10.3. The van der Waals surface area contributed by atoms with Crippen molar-refractivity contribution in [3.8, 4) is 11.5 Å². The van der Waals surface area contributed by atoms with E-state index in [4.69, 9.17) is 21.1 Å². The monoisotopic (exact) mass is 448 g/mol. The molecule has 0 bridgehead atoms. The maximum atomic E-state index is 13.6. The molecule has 1 N–H and O–H groups in total. The number of carbonyl (C=O) groups excluding carboxylic acids is 2. The van der Waals surface area contributed by atoms with E-state index < -0.39 is 11.8 Å². The largest absolute Gasteiger partial charge is 0.497 e. The van der Waals surface area contributed by atoms with Crippen molar-refractivity contribution in [2.75, 3.05) is 24.4 Å². The van der Waals surface area contributed by atoms with E-state index in [2.05, 4.69) is 5.32 Å². The van der Waals surface area contributed by atoms with Gasteiger partial charge in [-0.2, -0.15) is 0 Å². The van der Waals surface area contributed by atoms with Crippen LogP contribution < -0.4 is 19.7 Å². The average Bonchev–Trinajstić information content (AvgIpc) is 3.05. The molecule has 0 radical (unpaired) electrons. The molecule has 0 spiro atoms. The fourth-order valence-electron chi connectivity index (χ4n) is 3.62. The van der Waals surface area contributed by atoms with Crippen molar-refractivity contribution in [3.05, 3.63) is 88.6 Å². The first-order valence-electron chi connectivity index (χ1n) is 9.89. The maximum Gasteiger partial charge on any atom is 0.282 e. The van der Waals surface area contributed by atoms with Gasteiger partial charge in [-0.05, 0) is 55.0 Å². The Morgan fingerprint density at radius 3 is 2.25 bits per heavy atom. The summed E-state index contributed by atoms with van der Waals surface area (Å²) in [5.74, 6) is 0.236. The minimum Gasteiger partial charge on any atom is -0.497 e. The fraction of sp³-hybridized carbons (Fsp3) is 0.120. The van der Waals surface area contributed by atoms with Crippen LogP contribution in [0.25, 0.3) is 5.57 Å². The number of benzene rings is 3. The van der Waals surface area contributed by atoms with Gasteiger partial charge >= 0.3 is 0 Å². The molecule has 32 heavy (non-hydrogen) atoms. The zero-order chi connectivity index (χ0) is 22.8.